The lowest BCUT2D eigenvalue weighted by molar-refractivity contribution is -0.121. The smallest absolute Gasteiger partial charge is 0.253 e. The summed E-state index contributed by atoms with van der Waals surface area (Å²) >= 11 is 5.97. The first kappa shape index (κ1) is 11.6. The summed E-state index contributed by atoms with van der Waals surface area (Å²) in [5.41, 5.74) is 2.26. The van der Waals surface area contributed by atoms with Crippen LogP contribution < -0.4 is 16.8 Å². The first-order valence-electron chi connectivity index (χ1n) is 4.91. The van der Waals surface area contributed by atoms with E-state index in [1.165, 1.54) is 10.6 Å². The number of benzene rings is 1. The molecule has 6 heteroatoms. The quantitative estimate of drug-likeness (QED) is 0.467. The highest BCUT2D eigenvalue weighted by Crippen LogP contribution is 2.20. The fraction of sp³-hybridized carbons (Fsp3) is 0.0909. The molecule has 0 bridgehead atoms. The van der Waals surface area contributed by atoms with Gasteiger partial charge in [0.15, 0.2) is 0 Å². The number of rotatable bonds is 2. The van der Waals surface area contributed by atoms with E-state index in [-0.39, 0.29) is 12.1 Å². The highest BCUT2D eigenvalue weighted by atomic mass is 35.5. The first-order valence-corrected chi connectivity index (χ1v) is 5.29. The van der Waals surface area contributed by atoms with Gasteiger partial charge in [0.25, 0.3) is 11.5 Å². The Morgan fingerprint density at radius 1 is 1.41 bits per heavy atom. The highest BCUT2D eigenvalue weighted by molar-refractivity contribution is 6.35. The van der Waals surface area contributed by atoms with Crippen LogP contribution in [0.15, 0.2) is 35.1 Å². The van der Waals surface area contributed by atoms with Crippen LogP contribution in [0, 0.1) is 0 Å². The second-order valence-corrected chi connectivity index (χ2v) is 3.91. The van der Waals surface area contributed by atoms with Crippen LogP contribution in [0.4, 0.5) is 0 Å². The van der Waals surface area contributed by atoms with E-state index in [9.17, 15) is 9.59 Å². The third-order valence-electron chi connectivity index (χ3n) is 2.43. The maximum absolute atomic E-state index is 11.8. The molecule has 0 aliphatic rings. The van der Waals surface area contributed by atoms with E-state index in [0.29, 0.717) is 10.5 Å². The van der Waals surface area contributed by atoms with Gasteiger partial charge in [0.1, 0.15) is 6.54 Å². The Hall–Kier alpha value is -1.85. The molecule has 88 valence electrons. The van der Waals surface area contributed by atoms with Crippen LogP contribution in [0.1, 0.15) is 0 Å². The van der Waals surface area contributed by atoms with Crippen LogP contribution in [-0.4, -0.2) is 10.5 Å². The number of hydrogen-bond acceptors (Lipinski definition) is 3. The number of fused-ring (bicyclic) bond motifs is 1. The zero-order valence-electron chi connectivity index (χ0n) is 8.81. The maximum atomic E-state index is 11.8. The second-order valence-electron chi connectivity index (χ2n) is 3.50. The Kier molecular flexibility index (Phi) is 3.12. The number of para-hydroxylation sites is 1. The molecule has 17 heavy (non-hydrogen) atoms. The average Bonchev–Trinajstić information content (AvgIpc) is 2.34. The van der Waals surface area contributed by atoms with Gasteiger partial charge in [-0.2, -0.15) is 0 Å². The molecular formula is C11H10ClN3O2. The van der Waals surface area contributed by atoms with E-state index in [4.69, 9.17) is 17.4 Å². The molecule has 0 saturated carbocycles. The SMILES string of the molecule is NNC(=O)Cn1c(=O)cc(Cl)c2ccccc21. The lowest BCUT2D eigenvalue weighted by atomic mass is 10.2. The summed E-state index contributed by atoms with van der Waals surface area (Å²) in [6.07, 6.45) is 0. The summed E-state index contributed by atoms with van der Waals surface area (Å²) in [6.45, 7) is -0.132. The minimum Gasteiger partial charge on any atom is -0.299 e. The van der Waals surface area contributed by atoms with Gasteiger partial charge in [-0.1, -0.05) is 29.8 Å². The Morgan fingerprint density at radius 3 is 2.82 bits per heavy atom. The standard InChI is InChI=1S/C11H10ClN3O2/c12-8-5-11(17)15(6-10(16)14-13)9-4-2-1-3-7(8)9/h1-5H,6,13H2,(H,14,16). The molecule has 1 amide bonds. The summed E-state index contributed by atoms with van der Waals surface area (Å²) in [5, 5.41) is 1.09. The van der Waals surface area contributed by atoms with Crippen molar-refractivity contribution in [2.75, 3.05) is 0 Å². The van der Waals surface area contributed by atoms with Crippen LogP contribution in [0.5, 0.6) is 0 Å². The predicted octanol–water partition coefficient (Wildman–Crippen LogP) is 0.645. The molecular weight excluding hydrogens is 242 g/mol. The summed E-state index contributed by atoms with van der Waals surface area (Å²) in [7, 11) is 0. The minimum atomic E-state index is -0.445. The Morgan fingerprint density at radius 2 is 2.12 bits per heavy atom. The number of nitrogens with two attached hydrogens (primary N) is 1. The number of pyridine rings is 1. The van der Waals surface area contributed by atoms with E-state index in [1.807, 2.05) is 11.5 Å². The Bertz CT molecular complexity index is 636. The van der Waals surface area contributed by atoms with Gasteiger partial charge in [-0.3, -0.25) is 19.6 Å². The van der Waals surface area contributed by atoms with Gasteiger partial charge in [-0.05, 0) is 6.07 Å². The maximum Gasteiger partial charge on any atom is 0.253 e. The van der Waals surface area contributed by atoms with Crippen molar-refractivity contribution in [2.24, 2.45) is 5.84 Å². The molecule has 0 atom stereocenters. The van der Waals surface area contributed by atoms with Gasteiger partial charge in [0.05, 0.1) is 10.5 Å². The number of nitrogens with one attached hydrogen (secondary N) is 1. The monoisotopic (exact) mass is 251 g/mol. The number of nitrogens with zero attached hydrogens (tertiary/aromatic N) is 1. The summed E-state index contributed by atoms with van der Waals surface area (Å²) in [4.78, 5) is 23.0. The van der Waals surface area contributed by atoms with Crippen molar-refractivity contribution in [3.63, 3.8) is 0 Å². The van der Waals surface area contributed by atoms with Gasteiger partial charge >= 0.3 is 0 Å². The summed E-state index contributed by atoms with van der Waals surface area (Å²) < 4.78 is 1.32. The van der Waals surface area contributed by atoms with Crippen molar-refractivity contribution in [3.8, 4) is 0 Å². The normalized spacial score (nSPS) is 10.5. The molecule has 2 aromatic rings. The van der Waals surface area contributed by atoms with Gasteiger partial charge in [-0.25, -0.2) is 5.84 Å². The average molecular weight is 252 g/mol. The Labute approximate surface area is 102 Å². The molecule has 2 rings (SSSR count). The number of halogens is 1. The molecule has 1 aromatic carbocycles. The fourth-order valence-corrected chi connectivity index (χ4v) is 1.90. The number of hydrogen-bond donors (Lipinski definition) is 2. The third-order valence-corrected chi connectivity index (χ3v) is 2.74. The molecule has 5 nitrogen and oxygen atoms in total. The van der Waals surface area contributed by atoms with Crippen molar-refractivity contribution < 1.29 is 4.79 Å². The molecule has 3 N–H and O–H groups in total. The van der Waals surface area contributed by atoms with Gasteiger partial charge in [0.2, 0.25) is 0 Å². The van der Waals surface area contributed by atoms with Crippen LogP contribution in [-0.2, 0) is 11.3 Å². The van der Waals surface area contributed by atoms with E-state index < -0.39 is 5.91 Å². The molecule has 1 aromatic heterocycles. The van der Waals surface area contributed by atoms with Crippen molar-refractivity contribution in [1.82, 2.24) is 9.99 Å². The molecule has 0 aliphatic heterocycles. The molecule has 0 fully saturated rings. The van der Waals surface area contributed by atoms with Crippen LogP contribution in [0.2, 0.25) is 5.02 Å². The fourth-order valence-electron chi connectivity index (χ4n) is 1.65. The highest BCUT2D eigenvalue weighted by Gasteiger charge is 2.09. The zero-order valence-corrected chi connectivity index (χ0v) is 9.57. The molecule has 0 spiro atoms. The molecule has 0 saturated heterocycles. The predicted molar refractivity (Wildman–Crippen MR) is 65.5 cm³/mol. The van der Waals surface area contributed by atoms with Gasteiger partial charge in [0, 0.05) is 11.5 Å². The lowest BCUT2D eigenvalue weighted by Gasteiger charge is -2.09. The minimum absolute atomic E-state index is 0.132. The van der Waals surface area contributed by atoms with Gasteiger partial charge in [-0.15, -0.1) is 0 Å². The number of carbonyl (C=O) groups excluding carboxylic acids is 1. The molecule has 1 heterocycles. The van der Waals surface area contributed by atoms with Crippen molar-refractivity contribution in [1.29, 1.82) is 0 Å². The zero-order chi connectivity index (χ0) is 12.4. The second kappa shape index (κ2) is 4.57. The topological polar surface area (TPSA) is 77.1 Å². The van der Waals surface area contributed by atoms with E-state index >= 15 is 0 Å². The summed E-state index contributed by atoms with van der Waals surface area (Å²) in [6, 6.07) is 8.38. The van der Waals surface area contributed by atoms with E-state index in [0.717, 1.165) is 5.39 Å². The lowest BCUT2D eigenvalue weighted by Crippen LogP contribution is -2.36. The Balaban J connectivity index is 2.69. The van der Waals surface area contributed by atoms with Gasteiger partial charge < -0.3 is 0 Å². The third kappa shape index (κ3) is 2.15. The number of hydrazine groups is 1. The van der Waals surface area contributed by atoms with Crippen molar-refractivity contribution in [2.45, 2.75) is 6.54 Å². The van der Waals surface area contributed by atoms with Crippen LogP contribution >= 0.6 is 11.6 Å². The summed E-state index contributed by atoms with van der Waals surface area (Å²) in [5.74, 6) is 4.56. The number of carbonyl (C=O) groups is 1. The van der Waals surface area contributed by atoms with E-state index in [1.54, 1.807) is 18.2 Å². The molecule has 0 radical (unpaired) electrons. The number of aromatic nitrogens is 1. The van der Waals surface area contributed by atoms with Crippen molar-refractivity contribution in [3.05, 3.63) is 45.7 Å². The molecule has 0 aliphatic carbocycles. The molecule has 0 unspecified atom stereocenters. The van der Waals surface area contributed by atoms with Crippen LogP contribution in [0.25, 0.3) is 10.9 Å². The number of amides is 1. The van der Waals surface area contributed by atoms with Crippen molar-refractivity contribution >= 4 is 28.4 Å². The van der Waals surface area contributed by atoms with Crippen LogP contribution in [0.3, 0.4) is 0 Å². The van der Waals surface area contributed by atoms with E-state index in [2.05, 4.69) is 0 Å². The largest absolute Gasteiger partial charge is 0.299 e. The first-order chi connectivity index (χ1) is 8.13.